The summed E-state index contributed by atoms with van der Waals surface area (Å²) in [6.45, 7) is 8.70. The molecule has 0 aliphatic carbocycles. The van der Waals surface area contributed by atoms with Gasteiger partial charge in [0, 0.05) is 25.5 Å². The summed E-state index contributed by atoms with van der Waals surface area (Å²) >= 11 is 1.81. The summed E-state index contributed by atoms with van der Waals surface area (Å²) in [5.74, 6) is 0.503. The van der Waals surface area contributed by atoms with Crippen molar-refractivity contribution in [3.05, 3.63) is 10.6 Å². The standard InChI is InChI=1S/C13H25N3S/c1-6-7-8-14-9-11-12(10(2)3)15-13(17-11)16(4)5/h10,14H,6-9H2,1-5H3. The molecular formula is C13H25N3S. The van der Waals surface area contributed by atoms with Gasteiger partial charge < -0.3 is 10.2 Å². The fourth-order valence-electron chi connectivity index (χ4n) is 1.62. The van der Waals surface area contributed by atoms with Crippen molar-refractivity contribution in [2.75, 3.05) is 25.5 Å². The molecule has 1 aromatic heterocycles. The Kier molecular flexibility index (Phi) is 5.92. The topological polar surface area (TPSA) is 28.2 Å². The van der Waals surface area contributed by atoms with Gasteiger partial charge >= 0.3 is 0 Å². The molecule has 17 heavy (non-hydrogen) atoms. The van der Waals surface area contributed by atoms with Crippen LogP contribution in [0.4, 0.5) is 5.13 Å². The van der Waals surface area contributed by atoms with Gasteiger partial charge in [-0.25, -0.2) is 4.98 Å². The van der Waals surface area contributed by atoms with E-state index in [1.165, 1.54) is 23.4 Å². The first-order valence-corrected chi connectivity index (χ1v) is 7.25. The van der Waals surface area contributed by atoms with E-state index in [2.05, 4.69) is 45.1 Å². The van der Waals surface area contributed by atoms with E-state index in [1.54, 1.807) is 11.3 Å². The molecule has 1 N–H and O–H groups in total. The van der Waals surface area contributed by atoms with Crippen LogP contribution in [-0.4, -0.2) is 25.6 Å². The molecule has 0 aliphatic rings. The lowest BCUT2D eigenvalue weighted by molar-refractivity contribution is 0.639. The lowest BCUT2D eigenvalue weighted by Crippen LogP contribution is -2.14. The molecule has 0 aliphatic heterocycles. The monoisotopic (exact) mass is 255 g/mol. The number of aromatic nitrogens is 1. The van der Waals surface area contributed by atoms with Crippen molar-refractivity contribution in [3.63, 3.8) is 0 Å². The van der Waals surface area contributed by atoms with Gasteiger partial charge in [0.25, 0.3) is 0 Å². The van der Waals surface area contributed by atoms with Gasteiger partial charge in [-0.15, -0.1) is 11.3 Å². The Balaban J connectivity index is 2.68. The lowest BCUT2D eigenvalue weighted by Gasteiger charge is -2.06. The second kappa shape index (κ2) is 6.97. The highest BCUT2D eigenvalue weighted by atomic mass is 32.1. The lowest BCUT2D eigenvalue weighted by atomic mass is 10.1. The maximum atomic E-state index is 4.71. The normalized spacial score (nSPS) is 11.2. The van der Waals surface area contributed by atoms with Gasteiger partial charge in [0.15, 0.2) is 5.13 Å². The highest BCUT2D eigenvalue weighted by molar-refractivity contribution is 7.15. The molecule has 4 heteroatoms. The van der Waals surface area contributed by atoms with Crippen molar-refractivity contribution < 1.29 is 0 Å². The predicted octanol–water partition coefficient (Wildman–Crippen LogP) is 3.22. The Morgan fingerprint density at radius 1 is 1.35 bits per heavy atom. The van der Waals surface area contributed by atoms with Crippen LogP contribution in [0.25, 0.3) is 0 Å². The molecule has 1 aromatic rings. The summed E-state index contributed by atoms with van der Waals surface area (Å²) in [6, 6.07) is 0. The summed E-state index contributed by atoms with van der Waals surface area (Å²) in [6.07, 6.45) is 2.49. The zero-order valence-electron chi connectivity index (χ0n) is 11.7. The van der Waals surface area contributed by atoms with Crippen molar-refractivity contribution in [3.8, 4) is 0 Å². The molecule has 98 valence electrons. The molecule has 0 unspecified atom stereocenters. The van der Waals surface area contributed by atoms with E-state index in [-0.39, 0.29) is 0 Å². The van der Waals surface area contributed by atoms with Crippen molar-refractivity contribution in [2.45, 2.75) is 46.1 Å². The van der Waals surface area contributed by atoms with Gasteiger partial charge in [0.2, 0.25) is 0 Å². The SMILES string of the molecule is CCCCNCc1sc(N(C)C)nc1C(C)C. The second-order valence-electron chi connectivity index (χ2n) is 4.88. The van der Waals surface area contributed by atoms with Crippen molar-refractivity contribution in [2.24, 2.45) is 0 Å². The smallest absolute Gasteiger partial charge is 0.185 e. The second-order valence-corrected chi connectivity index (χ2v) is 5.95. The van der Waals surface area contributed by atoms with Crippen molar-refractivity contribution >= 4 is 16.5 Å². The average Bonchev–Trinajstić information content (AvgIpc) is 2.68. The number of nitrogens with zero attached hydrogens (tertiary/aromatic N) is 2. The van der Waals surface area contributed by atoms with Gasteiger partial charge in [-0.2, -0.15) is 0 Å². The Bertz CT molecular complexity index is 331. The van der Waals surface area contributed by atoms with E-state index in [9.17, 15) is 0 Å². The first-order chi connectivity index (χ1) is 8.06. The van der Waals surface area contributed by atoms with E-state index < -0.39 is 0 Å². The summed E-state index contributed by atoms with van der Waals surface area (Å²) in [5, 5.41) is 4.61. The van der Waals surface area contributed by atoms with Crippen LogP contribution < -0.4 is 10.2 Å². The quantitative estimate of drug-likeness (QED) is 0.758. The summed E-state index contributed by atoms with van der Waals surface area (Å²) in [5.41, 5.74) is 1.25. The molecule has 0 spiro atoms. The number of nitrogens with one attached hydrogen (secondary N) is 1. The van der Waals surface area contributed by atoms with Crippen molar-refractivity contribution in [1.82, 2.24) is 10.3 Å². The number of rotatable bonds is 7. The summed E-state index contributed by atoms with van der Waals surface area (Å²) in [7, 11) is 4.11. The van der Waals surface area contributed by atoms with Crippen molar-refractivity contribution in [1.29, 1.82) is 0 Å². The van der Waals surface area contributed by atoms with E-state index in [0.29, 0.717) is 5.92 Å². The molecule has 0 fully saturated rings. The highest BCUT2D eigenvalue weighted by Crippen LogP contribution is 2.29. The minimum absolute atomic E-state index is 0.503. The Hall–Kier alpha value is -0.610. The van der Waals surface area contributed by atoms with E-state index in [1.807, 2.05) is 0 Å². The number of unbranched alkanes of at least 4 members (excludes halogenated alkanes) is 1. The van der Waals surface area contributed by atoms with Crippen LogP contribution in [0.15, 0.2) is 0 Å². The van der Waals surface area contributed by atoms with Crippen LogP contribution in [0.5, 0.6) is 0 Å². The zero-order valence-corrected chi connectivity index (χ0v) is 12.5. The molecule has 1 heterocycles. The molecule has 0 radical (unpaired) electrons. The zero-order chi connectivity index (χ0) is 12.8. The molecule has 0 aromatic carbocycles. The van der Waals surface area contributed by atoms with E-state index in [0.717, 1.165) is 18.2 Å². The van der Waals surface area contributed by atoms with Gasteiger partial charge in [-0.1, -0.05) is 27.2 Å². The third kappa shape index (κ3) is 4.28. The molecule has 0 atom stereocenters. The van der Waals surface area contributed by atoms with Crippen LogP contribution in [0.3, 0.4) is 0 Å². The van der Waals surface area contributed by atoms with Gasteiger partial charge in [0.1, 0.15) is 0 Å². The summed E-state index contributed by atoms with van der Waals surface area (Å²) < 4.78 is 0. The number of hydrogen-bond donors (Lipinski definition) is 1. The maximum Gasteiger partial charge on any atom is 0.185 e. The molecule has 0 saturated heterocycles. The summed E-state index contributed by atoms with van der Waals surface area (Å²) in [4.78, 5) is 8.19. The van der Waals surface area contributed by atoms with Crippen LogP contribution in [0.2, 0.25) is 0 Å². The first kappa shape index (κ1) is 14.5. The minimum atomic E-state index is 0.503. The molecule has 3 nitrogen and oxygen atoms in total. The third-order valence-corrected chi connectivity index (χ3v) is 3.88. The van der Waals surface area contributed by atoms with E-state index >= 15 is 0 Å². The van der Waals surface area contributed by atoms with Crippen LogP contribution >= 0.6 is 11.3 Å². The van der Waals surface area contributed by atoms with Gasteiger partial charge in [0.05, 0.1) is 5.69 Å². The number of anilines is 1. The average molecular weight is 255 g/mol. The third-order valence-electron chi connectivity index (χ3n) is 2.64. The van der Waals surface area contributed by atoms with Crippen LogP contribution in [0.1, 0.15) is 50.1 Å². The molecule has 1 rings (SSSR count). The maximum absolute atomic E-state index is 4.71. The van der Waals surface area contributed by atoms with E-state index in [4.69, 9.17) is 4.98 Å². The largest absolute Gasteiger partial charge is 0.354 e. The highest BCUT2D eigenvalue weighted by Gasteiger charge is 2.14. The molecular weight excluding hydrogens is 230 g/mol. The van der Waals surface area contributed by atoms with Crippen LogP contribution in [-0.2, 0) is 6.54 Å². The minimum Gasteiger partial charge on any atom is -0.354 e. The predicted molar refractivity (Wildman–Crippen MR) is 77.1 cm³/mol. The number of hydrogen-bond acceptors (Lipinski definition) is 4. The molecule has 0 saturated carbocycles. The van der Waals surface area contributed by atoms with Gasteiger partial charge in [-0.3, -0.25) is 0 Å². The van der Waals surface area contributed by atoms with Crippen LogP contribution in [0, 0.1) is 0 Å². The molecule has 0 bridgehead atoms. The Labute approximate surface area is 109 Å². The Morgan fingerprint density at radius 3 is 2.59 bits per heavy atom. The first-order valence-electron chi connectivity index (χ1n) is 6.43. The van der Waals surface area contributed by atoms with Gasteiger partial charge in [-0.05, 0) is 18.9 Å². The molecule has 0 amide bonds. The fourth-order valence-corrected chi connectivity index (χ4v) is 2.73. The fraction of sp³-hybridized carbons (Fsp3) is 0.769. The Morgan fingerprint density at radius 2 is 2.06 bits per heavy atom. The number of thiazole rings is 1.